The Morgan fingerprint density at radius 1 is 1.62 bits per heavy atom. The van der Waals surface area contributed by atoms with E-state index < -0.39 is 0 Å². The lowest BCUT2D eigenvalue weighted by atomic mass is 10.4. The normalized spacial score (nSPS) is 9.92. The maximum atomic E-state index is 5.62. The molecule has 4 heteroatoms. The molecule has 0 aliphatic heterocycles. The van der Waals surface area contributed by atoms with Gasteiger partial charge in [-0.1, -0.05) is 0 Å². The first-order chi connectivity index (χ1) is 6.34. The summed E-state index contributed by atoms with van der Waals surface area (Å²) >= 11 is 0. The minimum Gasteiger partial charge on any atom is -0.382 e. The van der Waals surface area contributed by atoms with E-state index in [1.54, 1.807) is 6.20 Å². The molecule has 1 rings (SSSR count). The van der Waals surface area contributed by atoms with Crippen molar-refractivity contribution in [1.29, 1.82) is 0 Å². The molecular weight excluding hydrogens is 166 g/mol. The predicted molar refractivity (Wildman–Crippen MR) is 53.6 cm³/mol. The van der Waals surface area contributed by atoms with Crippen LogP contribution in [0.4, 0.5) is 11.5 Å². The van der Waals surface area contributed by atoms with Crippen LogP contribution in [0.3, 0.4) is 0 Å². The molecule has 0 bridgehead atoms. The summed E-state index contributed by atoms with van der Waals surface area (Å²) in [5.74, 6) is 0.527. The molecule has 72 valence electrons. The molecule has 0 atom stereocenters. The Morgan fingerprint density at radius 2 is 2.46 bits per heavy atom. The summed E-state index contributed by atoms with van der Waals surface area (Å²) in [5, 5.41) is 3.14. The quantitative estimate of drug-likeness (QED) is 0.668. The third-order valence-corrected chi connectivity index (χ3v) is 1.60. The average Bonchev–Trinajstić information content (AvgIpc) is 2.15. The Labute approximate surface area is 78.1 Å². The summed E-state index contributed by atoms with van der Waals surface area (Å²) < 4.78 is 5.17. The highest BCUT2D eigenvalue weighted by Crippen LogP contribution is 2.12. The maximum Gasteiger partial charge on any atom is 0.146 e. The van der Waals surface area contributed by atoms with E-state index >= 15 is 0 Å². The number of nitrogen functional groups attached to an aromatic ring is 1. The van der Waals surface area contributed by atoms with Gasteiger partial charge in [0.2, 0.25) is 0 Å². The van der Waals surface area contributed by atoms with E-state index in [0.717, 1.165) is 18.8 Å². The average molecular weight is 181 g/mol. The van der Waals surface area contributed by atoms with Gasteiger partial charge in [0.1, 0.15) is 5.82 Å². The molecule has 0 spiro atoms. The van der Waals surface area contributed by atoms with Gasteiger partial charge >= 0.3 is 0 Å². The van der Waals surface area contributed by atoms with Crippen molar-refractivity contribution in [2.45, 2.75) is 6.92 Å². The standard InChI is InChI=1S/C9H15N3O/c1-2-13-7-6-11-8-4-3-5-12-9(8)10/h3-5,11H,2,6-7H2,1H3,(H2,10,12). The van der Waals surface area contributed by atoms with Crippen molar-refractivity contribution in [1.82, 2.24) is 4.98 Å². The lowest BCUT2D eigenvalue weighted by Gasteiger charge is -2.07. The van der Waals surface area contributed by atoms with Crippen molar-refractivity contribution >= 4 is 11.5 Å². The Hall–Kier alpha value is -1.29. The van der Waals surface area contributed by atoms with Gasteiger partial charge in [0.25, 0.3) is 0 Å². The molecule has 0 saturated carbocycles. The summed E-state index contributed by atoms with van der Waals surface area (Å²) in [7, 11) is 0. The van der Waals surface area contributed by atoms with Gasteiger partial charge in [0.05, 0.1) is 12.3 Å². The maximum absolute atomic E-state index is 5.62. The van der Waals surface area contributed by atoms with Gasteiger partial charge in [0, 0.05) is 19.3 Å². The second-order valence-corrected chi connectivity index (χ2v) is 2.56. The number of rotatable bonds is 5. The van der Waals surface area contributed by atoms with Crippen molar-refractivity contribution < 1.29 is 4.74 Å². The summed E-state index contributed by atoms with van der Waals surface area (Å²) in [4.78, 5) is 3.95. The van der Waals surface area contributed by atoms with E-state index in [9.17, 15) is 0 Å². The minimum atomic E-state index is 0.527. The lowest BCUT2D eigenvalue weighted by molar-refractivity contribution is 0.158. The van der Waals surface area contributed by atoms with E-state index in [1.807, 2.05) is 19.1 Å². The molecule has 1 heterocycles. The molecule has 0 fully saturated rings. The van der Waals surface area contributed by atoms with Crippen molar-refractivity contribution in [3.8, 4) is 0 Å². The second kappa shape index (κ2) is 5.37. The fourth-order valence-electron chi connectivity index (χ4n) is 0.969. The monoisotopic (exact) mass is 181 g/mol. The number of anilines is 2. The van der Waals surface area contributed by atoms with Crippen molar-refractivity contribution in [2.24, 2.45) is 0 Å². The largest absolute Gasteiger partial charge is 0.382 e. The first-order valence-electron chi connectivity index (χ1n) is 4.36. The van der Waals surface area contributed by atoms with Crippen molar-refractivity contribution in [2.75, 3.05) is 30.8 Å². The minimum absolute atomic E-state index is 0.527. The van der Waals surface area contributed by atoms with Crippen LogP contribution in [0.15, 0.2) is 18.3 Å². The molecule has 0 amide bonds. The van der Waals surface area contributed by atoms with Crippen LogP contribution in [0.2, 0.25) is 0 Å². The van der Waals surface area contributed by atoms with Gasteiger partial charge in [-0.2, -0.15) is 0 Å². The second-order valence-electron chi connectivity index (χ2n) is 2.56. The SMILES string of the molecule is CCOCCNc1cccnc1N. The van der Waals surface area contributed by atoms with Crippen LogP contribution in [0, 0.1) is 0 Å². The fraction of sp³-hybridized carbons (Fsp3) is 0.444. The number of nitrogens with zero attached hydrogens (tertiary/aromatic N) is 1. The zero-order valence-electron chi connectivity index (χ0n) is 7.79. The zero-order valence-corrected chi connectivity index (χ0v) is 7.79. The molecule has 0 aliphatic rings. The molecule has 13 heavy (non-hydrogen) atoms. The van der Waals surface area contributed by atoms with Crippen LogP contribution in [0.5, 0.6) is 0 Å². The molecule has 0 unspecified atom stereocenters. The summed E-state index contributed by atoms with van der Waals surface area (Å²) in [6.07, 6.45) is 1.67. The highest BCUT2D eigenvalue weighted by Gasteiger charge is 1.95. The Morgan fingerprint density at radius 3 is 3.15 bits per heavy atom. The molecule has 1 aromatic heterocycles. The highest BCUT2D eigenvalue weighted by atomic mass is 16.5. The van der Waals surface area contributed by atoms with E-state index in [4.69, 9.17) is 10.5 Å². The molecule has 1 aromatic rings. The van der Waals surface area contributed by atoms with E-state index in [0.29, 0.717) is 12.4 Å². The topological polar surface area (TPSA) is 60.2 Å². The van der Waals surface area contributed by atoms with Gasteiger partial charge in [-0.05, 0) is 19.1 Å². The van der Waals surface area contributed by atoms with Crippen LogP contribution in [-0.4, -0.2) is 24.7 Å². The van der Waals surface area contributed by atoms with Crippen molar-refractivity contribution in [3.05, 3.63) is 18.3 Å². The molecule has 4 nitrogen and oxygen atoms in total. The number of hydrogen-bond acceptors (Lipinski definition) is 4. The fourth-order valence-corrected chi connectivity index (χ4v) is 0.969. The smallest absolute Gasteiger partial charge is 0.146 e. The zero-order chi connectivity index (χ0) is 9.52. The molecule has 0 saturated heterocycles. The summed E-state index contributed by atoms with van der Waals surface area (Å²) in [5.41, 5.74) is 6.48. The Bertz CT molecular complexity index is 252. The first kappa shape index (κ1) is 9.80. The van der Waals surface area contributed by atoms with Gasteiger partial charge in [-0.3, -0.25) is 0 Å². The molecular formula is C9H15N3O. The third kappa shape index (κ3) is 3.29. The van der Waals surface area contributed by atoms with Gasteiger partial charge < -0.3 is 15.8 Å². The number of ether oxygens (including phenoxy) is 1. The number of pyridine rings is 1. The van der Waals surface area contributed by atoms with Gasteiger partial charge in [0.15, 0.2) is 0 Å². The van der Waals surface area contributed by atoms with Crippen LogP contribution >= 0.6 is 0 Å². The molecule has 0 aromatic carbocycles. The number of nitrogens with two attached hydrogens (primary N) is 1. The van der Waals surface area contributed by atoms with Crippen LogP contribution in [0.25, 0.3) is 0 Å². The number of aromatic nitrogens is 1. The van der Waals surface area contributed by atoms with Gasteiger partial charge in [-0.15, -0.1) is 0 Å². The Kier molecular flexibility index (Phi) is 4.05. The van der Waals surface area contributed by atoms with Crippen LogP contribution in [0.1, 0.15) is 6.92 Å². The number of hydrogen-bond donors (Lipinski definition) is 2. The van der Waals surface area contributed by atoms with E-state index in [2.05, 4.69) is 10.3 Å². The van der Waals surface area contributed by atoms with Crippen LogP contribution < -0.4 is 11.1 Å². The summed E-state index contributed by atoms with van der Waals surface area (Å²) in [6.45, 7) is 4.15. The van der Waals surface area contributed by atoms with E-state index in [-0.39, 0.29) is 0 Å². The number of nitrogens with one attached hydrogen (secondary N) is 1. The third-order valence-electron chi connectivity index (χ3n) is 1.60. The molecule has 0 aliphatic carbocycles. The first-order valence-corrected chi connectivity index (χ1v) is 4.36. The lowest BCUT2D eigenvalue weighted by Crippen LogP contribution is -2.10. The van der Waals surface area contributed by atoms with Crippen molar-refractivity contribution in [3.63, 3.8) is 0 Å². The molecule has 3 N–H and O–H groups in total. The van der Waals surface area contributed by atoms with Crippen LogP contribution in [-0.2, 0) is 4.74 Å². The predicted octanol–water partition coefficient (Wildman–Crippen LogP) is 1.11. The Balaban J connectivity index is 2.32. The highest BCUT2D eigenvalue weighted by molar-refractivity contribution is 5.60. The van der Waals surface area contributed by atoms with E-state index in [1.165, 1.54) is 0 Å². The summed E-state index contributed by atoms with van der Waals surface area (Å²) in [6, 6.07) is 3.74. The molecule has 0 radical (unpaired) electrons. The van der Waals surface area contributed by atoms with Gasteiger partial charge in [-0.25, -0.2) is 4.98 Å².